The largest absolute Gasteiger partial charge is 0.497 e. The van der Waals surface area contributed by atoms with Gasteiger partial charge in [0.1, 0.15) is 17.8 Å². The van der Waals surface area contributed by atoms with Crippen LogP contribution in [0.15, 0.2) is 54.9 Å². The maximum atomic E-state index is 12.4. The van der Waals surface area contributed by atoms with E-state index < -0.39 is 6.61 Å². The van der Waals surface area contributed by atoms with Gasteiger partial charge in [0.2, 0.25) is 5.95 Å². The molecule has 0 fully saturated rings. The number of hydrogen-bond donors (Lipinski definition) is 1. The maximum Gasteiger partial charge on any atom is 0.387 e. The monoisotopic (exact) mass is 372 g/mol. The summed E-state index contributed by atoms with van der Waals surface area (Å²) in [5.41, 5.74) is 2.05. The van der Waals surface area contributed by atoms with Crippen molar-refractivity contribution in [3.63, 3.8) is 0 Å². The minimum atomic E-state index is -2.84. The molecule has 0 saturated carbocycles. The average Bonchev–Trinajstić information content (AvgIpc) is 3.16. The van der Waals surface area contributed by atoms with Crippen LogP contribution in [0.25, 0.3) is 0 Å². The Balaban J connectivity index is 1.61. The Morgan fingerprint density at radius 1 is 1.04 bits per heavy atom. The molecule has 0 bridgehead atoms. The lowest BCUT2D eigenvalue weighted by molar-refractivity contribution is -0.0498. The van der Waals surface area contributed by atoms with Crippen molar-refractivity contribution >= 4 is 5.95 Å². The van der Waals surface area contributed by atoms with Crippen LogP contribution < -0.4 is 14.8 Å². The molecule has 1 aliphatic heterocycles. The van der Waals surface area contributed by atoms with E-state index in [1.165, 1.54) is 6.33 Å². The van der Waals surface area contributed by atoms with Crippen molar-refractivity contribution in [1.82, 2.24) is 14.8 Å². The molecule has 8 heteroatoms. The summed E-state index contributed by atoms with van der Waals surface area (Å²) in [7, 11) is 1.63. The lowest BCUT2D eigenvalue weighted by Gasteiger charge is -2.32. The van der Waals surface area contributed by atoms with Gasteiger partial charge < -0.3 is 14.8 Å². The van der Waals surface area contributed by atoms with Gasteiger partial charge in [-0.2, -0.15) is 18.9 Å². The van der Waals surface area contributed by atoms with Gasteiger partial charge in [0.25, 0.3) is 0 Å². The van der Waals surface area contributed by atoms with Crippen molar-refractivity contribution in [1.29, 1.82) is 0 Å². The molecule has 2 unspecified atom stereocenters. The predicted octanol–water partition coefficient (Wildman–Crippen LogP) is 4.03. The smallest absolute Gasteiger partial charge is 0.387 e. The van der Waals surface area contributed by atoms with Gasteiger partial charge in [-0.05, 0) is 41.8 Å². The minimum absolute atomic E-state index is 0.0367. The zero-order chi connectivity index (χ0) is 18.8. The molecule has 6 nitrogen and oxygen atoms in total. The van der Waals surface area contributed by atoms with Crippen LogP contribution in [0.5, 0.6) is 11.5 Å². The van der Waals surface area contributed by atoms with Crippen molar-refractivity contribution < 1.29 is 18.3 Å². The third-order valence-corrected chi connectivity index (χ3v) is 4.64. The molecule has 0 spiro atoms. The van der Waals surface area contributed by atoms with Crippen molar-refractivity contribution in [2.45, 2.75) is 25.1 Å². The quantitative estimate of drug-likeness (QED) is 0.733. The summed E-state index contributed by atoms with van der Waals surface area (Å²) >= 11 is 0. The molecule has 3 aromatic rings. The number of benzene rings is 2. The fourth-order valence-corrected chi connectivity index (χ4v) is 3.32. The third-order valence-electron chi connectivity index (χ3n) is 4.64. The van der Waals surface area contributed by atoms with Crippen molar-refractivity contribution in [2.75, 3.05) is 12.4 Å². The second-order valence-electron chi connectivity index (χ2n) is 6.20. The van der Waals surface area contributed by atoms with Crippen LogP contribution >= 0.6 is 0 Å². The Bertz CT molecular complexity index is 897. The first-order valence-electron chi connectivity index (χ1n) is 8.49. The first kappa shape index (κ1) is 17.3. The molecule has 2 heterocycles. The van der Waals surface area contributed by atoms with Gasteiger partial charge in [-0.1, -0.05) is 24.3 Å². The van der Waals surface area contributed by atoms with Crippen molar-refractivity contribution in [2.24, 2.45) is 0 Å². The molecule has 2 atom stereocenters. The van der Waals surface area contributed by atoms with Crippen LogP contribution in [-0.4, -0.2) is 28.5 Å². The van der Waals surface area contributed by atoms with Gasteiger partial charge in [-0.25, -0.2) is 4.68 Å². The van der Waals surface area contributed by atoms with E-state index in [9.17, 15) is 8.78 Å². The summed E-state index contributed by atoms with van der Waals surface area (Å²) in [6.45, 7) is -2.84. The highest BCUT2D eigenvalue weighted by Crippen LogP contribution is 2.38. The summed E-state index contributed by atoms with van der Waals surface area (Å²) in [4.78, 5) is 4.29. The summed E-state index contributed by atoms with van der Waals surface area (Å²) in [6, 6.07) is 14.5. The molecule has 27 heavy (non-hydrogen) atoms. The molecule has 1 aromatic heterocycles. The second kappa shape index (κ2) is 7.22. The van der Waals surface area contributed by atoms with Crippen molar-refractivity contribution in [3.05, 3.63) is 66.0 Å². The molecule has 0 aliphatic carbocycles. The Morgan fingerprint density at radius 3 is 2.37 bits per heavy atom. The van der Waals surface area contributed by atoms with E-state index >= 15 is 0 Å². The van der Waals surface area contributed by atoms with Gasteiger partial charge in [-0.15, -0.1) is 0 Å². The lowest BCUT2D eigenvalue weighted by atomic mass is 9.93. The molecule has 0 amide bonds. The number of hydrogen-bond acceptors (Lipinski definition) is 5. The van der Waals surface area contributed by atoms with E-state index in [1.807, 2.05) is 28.9 Å². The molecule has 0 saturated heterocycles. The van der Waals surface area contributed by atoms with Crippen LogP contribution in [-0.2, 0) is 0 Å². The standard InChI is InChI=1S/C19H18F2N4O2/c1-26-14-6-2-12(3-7-14)16-10-17(25-19(24-16)22-11-23-25)13-4-8-15(9-5-13)27-18(20)21/h2-9,11,16-18H,10H2,1H3,(H,22,23,24). The molecule has 0 radical (unpaired) electrons. The number of ether oxygens (including phenoxy) is 2. The van der Waals surface area contributed by atoms with Gasteiger partial charge in [0, 0.05) is 0 Å². The highest BCUT2D eigenvalue weighted by atomic mass is 19.3. The molecule has 1 N–H and O–H groups in total. The Kier molecular flexibility index (Phi) is 4.62. The number of anilines is 1. The van der Waals surface area contributed by atoms with E-state index in [-0.39, 0.29) is 17.8 Å². The Labute approximate surface area is 154 Å². The van der Waals surface area contributed by atoms with Crippen LogP contribution in [0, 0.1) is 0 Å². The number of alkyl halides is 2. The normalized spacial score (nSPS) is 18.7. The Morgan fingerprint density at radius 2 is 1.70 bits per heavy atom. The molecular weight excluding hydrogens is 354 g/mol. The first-order valence-corrected chi connectivity index (χ1v) is 8.49. The highest BCUT2D eigenvalue weighted by Gasteiger charge is 2.30. The number of halogens is 2. The zero-order valence-electron chi connectivity index (χ0n) is 14.5. The summed E-state index contributed by atoms with van der Waals surface area (Å²) in [5, 5.41) is 7.71. The maximum absolute atomic E-state index is 12.4. The fraction of sp³-hybridized carbons (Fsp3) is 0.263. The van der Waals surface area contributed by atoms with E-state index in [4.69, 9.17) is 4.74 Å². The zero-order valence-corrected chi connectivity index (χ0v) is 14.5. The third kappa shape index (κ3) is 3.55. The molecule has 140 valence electrons. The first-order chi connectivity index (χ1) is 13.1. The number of aromatic nitrogens is 3. The number of fused-ring (bicyclic) bond motifs is 1. The van der Waals surface area contributed by atoms with Crippen LogP contribution in [0.3, 0.4) is 0 Å². The second-order valence-corrected chi connectivity index (χ2v) is 6.20. The minimum Gasteiger partial charge on any atom is -0.497 e. The van der Waals surface area contributed by atoms with Crippen molar-refractivity contribution in [3.8, 4) is 11.5 Å². The summed E-state index contributed by atoms with van der Waals surface area (Å²) in [5.74, 6) is 1.59. The lowest BCUT2D eigenvalue weighted by Crippen LogP contribution is -2.28. The number of nitrogens with zero attached hydrogens (tertiary/aromatic N) is 3. The summed E-state index contributed by atoms with van der Waals surface area (Å²) < 4.78 is 36.2. The molecule has 4 rings (SSSR count). The van der Waals surface area contributed by atoms with Gasteiger partial charge in [0.15, 0.2) is 0 Å². The molecular formula is C19H18F2N4O2. The highest BCUT2D eigenvalue weighted by molar-refractivity contribution is 5.40. The SMILES string of the molecule is COc1ccc(C2CC(c3ccc(OC(F)F)cc3)n3ncnc3N2)cc1. The van der Waals surface area contributed by atoms with E-state index in [2.05, 4.69) is 20.1 Å². The fourth-order valence-electron chi connectivity index (χ4n) is 3.32. The van der Waals surface area contributed by atoms with Gasteiger partial charge >= 0.3 is 6.61 Å². The Hall–Kier alpha value is -3.16. The van der Waals surface area contributed by atoms with E-state index in [0.717, 1.165) is 23.3 Å². The number of methoxy groups -OCH3 is 1. The number of rotatable bonds is 5. The number of nitrogens with one attached hydrogen (secondary N) is 1. The van der Waals surface area contributed by atoms with Crippen LogP contribution in [0.4, 0.5) is 14.7 Å². The molecule has 2 aromatic carbocycles. The van der Waals surface area contributed by atoms with E-state index in [0.29, 0.717) is 5.95 Å². The molecule has 1 aliphatic rings. The van der Waals surface area contributed by atoms with Crippen LogP contribution in [0.1, 0.15) is 29.6 Å². The predicted molar refractivity (Wildman–Crippen MR) is 95.2 cm³/mol. The van der Waals surface area contributed by atoms with Gasteiger partial charge in [0.05, 0.1) is 19.2 Å². The van der Waals surface area contributed by atoms with Crippen LogP contribution in [0.2, 0.25) is 0 Å². The summed E-state index contributed by atoms with van der Waals surface area (Å²) in [6.07, 6.45) is 2.23. The van der Waals surface area contributed by atoms with Gasteiger partial charge in [-0.3, -0.25) is 0 Å². The van der Waals surface area contributed by atoms with E-state index in [1.54, 1.807) is 31.4 Å². The topological polar surface area (TPSA) is 61.2 Å². The average molecular weight is 372 g/mol.